The summed E-state index contributed by atoms with van der Waals surface area (Å²) >= 11 is 17.4. The summed E-state index contributed by atoms with van der Waals surface area (Å²) in [7, 11) is -3.89. The molecular weight excluding hydrogens is 335 g/mol. The van der Waals surface area contributed by atoms with Crippen LogP contribution < -0.4 is 0 Å². The van der Waals surface area contributed by atoms with Crippen LogP contribution in [0.15, 0.2) is 0 Å². The zero-order valence-electron chi connectivity index (χ0n) is 11.7. The minimum atomic E-state index is -3.89. The van der Waals surface area contributed by atoms with Crippen molar-refractivity contribution in [3.05, 3.63) is 0 Å². The Morgan fingerprint density at radius 2 is 1.47 bits per heavy atom. The summed E-state index contributed by atoms with van der Waals surface area (Å²) in [6.45, 7) is 8.24. The number of halogens is 3. The average molecular weight is 356 g/mol. The molecule has 0 N–H and O–H groups in total. The predicted octanol–water partition coefficient (Wildman–Crippen LogP) is 4.39. The summed E-state index contributed by atoms with van der Waals surface area (Å²) in [4.78, 5) is 0. The quantitative estimate of drug-likeness (QED) is 0.403. The van der Waals surface area contributed by atoms with E-state index in [0.717, 1.165) is 0 Å². The molecule has 0 aromatic carbocycles. The van der Waals surface area contributed by atoms with Crippen molar-refractivity contribution < 1.29 is 18.8 Å². The van der Waals surface area contributed by atoms with Gasteiger partial charge in [-0.3, -0.25) is 4.57 Å². The molecule has 0 bridgehead atoms. The van der Waals surface area contributed by atoms with Gasteiger partial charge in [0.25, 0.3) is 0 Å². The van der Waals surface area contributed by atoms with Crippen molar-refractivity contribution in [3.63, 3.8) is 0 Å². The molecule has 0 spiro atoms. The molecule has 0 amide bonds. The monoisotopic (exact) mass is 354 g/mol. The molecule has 0 aliphatic rings. The molecule has 115 valence electrons. The predicted molar refractivity (Wildman–Crippen MR) is 77.2 cm³/mol. The fourth-order valence-corrected chi connectivity index (χ4v) is 4.73. The van der Waals surface area contributed by atoms with Gasteiger partial charge in [-0.1, -0.05) is 34.8 Å². The van der Waals surface area contributed by atoms with Crippen molar-refractivity contribution in [1.29, 1.82) is 0 Å². The SMILES string of the molecule is CCOP(=O)(OCC)C(N([O])C(C)(C)C)C(Cl)(Cl)Cl. The highest BCUT2D eigenvalue weighted by Crippen LogP contribution is 2.61. The van der Waals surface area contributed by atoms with Gasteiger partial charge >= 0.3 is 7.60 Å². The van der Waals surface area contributed by atoms with Gasteiger partial charge in [-0.25, -0.2) is 0 Å². The lowest BCUT2D eigenvalue weighted by Crippen LogP contribution is -2.50. The summed E-state index contributed by atoms with van der Waals surface area (Å²) in [6, 6.07) is 0. The van der Waals surface area contributed by atoms with Gasteiger partial charge < -0.3 is 9.05 Å². The fraction of sp³-hybridized carbons (Fsp3) is 1.00. The summed E-state index contributed by atoms with van der Waals surface area (Å²) in [6.07, 6.45) is 0. The zero-order valence-corrected chi connectivity index (χ0v) is 14.8. The van der Waals surface area contributed by atoms with Gasteiger partial charge in [-0.2, -0.15) is 0 Å². The molecule has 9 heteroatoms. The summed E-state index contributed by atoms with van der Waals surface area (Å²) in [5, 5.41) is 12.8. The van der Waals surface area contributed by atoms with E-state index in [1.807, 2.05) is 0 Å². The van der Waals surface area contributed by atoms with Crippen molar-refractivity contribution in [2.45, 2.75) is 49.7 Å². The Labute approximate surface area is 129 Å². The molecular formula is C10H20Cl3NO4P. The van der Waals surface area contributed by atoms with Crippen LogP contribution in [-0.4, -0.2) is 33.4 Å². The first kappa shape index (κ1) is 19.9. The first-order valence-electron chi connectivity index (χ1n) is 5.82. The highest BCUT2D eigenvalue weighted by molar-refractivity contribution is 7.55. The summed E-state index contributed by atoms with van der Waals surface area (Å²) in [5.74, 6) is -1.54. The molecule has 0 aromatic rings. The Hall–Kier alpha value is 0.940. The van der Waals surface area contributed by atoms with Gasteiger partial charge in [0.05, 0.1) is 13.2 Å². The highest BCUT2D eigenvalue weighted by Gasteiger charge is 2.55. The Balaban J connectivity index is 5.64. The number of alkyl halides is 3. The topological polar surface area (TPSA) is 58.7 Å². The highest BCUT2D eigenvalue weighted by atomic mass is 35.6. The van der Waals surface area contributed by atoms with Crippen LogP contribution in [0.2, 0.25) is 0 Å². The normalized spacial score (nSPS) is 15.9. The summed E-state index contributed by atoms with van der Waals surface area (Å²) < 4.78 is 20.8. The largest absolute Gasteiger partial charge is 0.354 e. The summed E-state index contributed by atoms with van der Waals surface area (Å²) in [5.41, 5.74) is -0.918. The van der Waals surface area contributed by atoms with Crippen LogP contribution >= 0.6 is 42.4 Å². The Kier molecular flexibility index (Phi) is 7.64. The van der Waals surface area contributed by atoms with E-state index in [-0.39, 0.29) is 13.2 Å². The van der Waals surface area contributed by atoms with Crippen LogP contribution in [0.25, 0.3) is 0 Å². The molecule has 1 unspecified atom stereocenters. The lowest BCUT2D eigenvalue weighted by Gasteiger charge is -2.39. The number of nitrogens with zero attached hydrogens (tertiary/aromatic N) is 1. The van der Waals surface area contributed by atoms with Gasteiger partial charge in [0.2, 0.25) is 3.79 Å². The van der Waals surface area contributed by atoms with Crippen LogP contribution in [0.3, 0.4) is 0 Å². The zero-order chi connectivity index (χ0) is 15.5. The van der Waals surface area contributed by atoms with Gasteiger partial charge in [-0.15, -0.1) is 10.3 Å². The molecule has 0 aromatic heterocycles. The number of rotatable bonds is 6. The van der Waals surface area contributed by atoms with E-state index >= 15 is 0 Å². The van der Waals surface area contributed by atoms with Crippen molar-refractivity contribution in [2.75, 3.05) is 13.2 Å². The second-order valence-electron chi connectivity index (χ2n) is 4.79. The lowest BCUT2D eigenvalue weighted by molar-refractivity contribution is -0.225. The van der Waals surface area contributed by atoms with Crippen LogP contribution in [0.4, 0.5) is 0 Å². The lowest BCUT2D eigenvalue weighted by atomic mass is 10.1. The third kappa shape index (κ3) is 5.68. The molecule has 19 heavy (non-hydrogen) atoms. The molecule has 0 rings (SSSR count). The van der Waals surface area contributed by atoms with Crippen molar-refractivity contribution >= 4 is 42.4 Å². The first-order chi connectivity index (χ1) is 8.40. The van der Waals surface area contributed by atoms with Gasteiger partial charge in [0, 0.05) is 5.54 Å². The van der Waals surface area contributed by atoms with Crippen LogP contribution in [0.1, 0.15) is 34.6 Å². The molecule has 1 atom stereocenters. The maximum Gasteiger partial charge on any atom is 0.354 e. The third-order valence-electron chi connectivity index (χ3n) is 2.09. The second kappa shape index (κ2) is 7.28. The molecule has 5 nitrogen and oxygen atoms in total. The van der Waals surface area contributed by atoms with E-state index in [2.05, 4.69) is 0 Å². The van der Waals surface area contributed by atoms with E-state index in [4.69, 9.17) is 43.9 Å². The van der Waals surface area contributed by atoms with E-state index in [1.54, 1.807) is 34.6 Å². The van der Waals surface area contributed by atoms with E-state index in [0.29, 0.717) is 5.06 Å². The first-order valence-corrected chi connectivity index (χ1v) is 8.56. The van der Waals surface area contributed by atoms with Gasteiger partial charge in [0.15, 0.2) is 5.78 Å². The van der Waals surface area contributed by atoms with E-state index in [1.165, 1.54) is 0 Å². The molecule has 0 aliphatic carbocycles. The van der Waals surface area contributed by atoms with Crippen LogP contribution in [0.5, 0.6) is 0 Å². The molecule has 0 saturated carbocycles. The number of hydrogen-bond donors (Lipinski definition) is 0. The minimum Gasteiger partial charge on any atom is -0.308 e. The smallest absolute Gasteiger partial charge is 0.308 e. The minimum absolute atomic E-state index is 0.0759. The average Bonchev–Trinajstić information content (AvgIpc) is 2.13. The van der Waals surface area contributed by atoms with E-state index in [9.17, 15) is 9.77 Å². The van der Waals surface area contributed by atoms with Crippen LogP contribution in [0, 0.1) is 0 Å². The molecule has 1 radical (unpaired) electrons. The van der Waals surface area contributed by atoms with Gasteiger partial charge in [0.1, 0.15) is 0 Å². The molecule has 0 saturated heterocycles. The second-order valence-corrected chi connectivity index (χ2v) is 9.24. The third-order valence-corrected chi connectivity index (χ3v) is 5.60. The molecule has 0 heterocycles. The van der Waals surface area contributed by atoms with Crippen molar-refractivity contribution in [3.8, 4) is 0 Å². The van der Waals surface area contributed by atoms with E-state index < -0.39 is 22.7 Å². The molecule has 0 aliphatic heterocycles. The van der Waals surface area contributed by atoms with Crippen molar-refractivity contribution in [2.24, 2.45) is 0 Å². The Morgan fingerprint density at radius 1 is 1.11 bits per heavy atom. The van der Waals surface area contributed by atoms with Gasteiger partial charge in [-0.05, 0) is 34.6 Å². The number of hydroxylamine groups is 2. The fourth-order valence-electron chi connectivity index (χ4n) is 1.35. The Morgan fingerprint density at radius 3 is 1.68 bits per heavy atom. The van der Waals surface area contributed by atoms with Crippen molar-refractivity contribution in [1.82, 2.24) is 5.06 Å². The Bertz CT molecular complexity index is 320. The maximum atomic E-state index is 12.7. The van der Waals surface area contributed by atoms with Crippen LogP contribution in [-0.2, 0) is 18.8 Å². The molecule has 0 fully saturated rings. The maximum absolute atomic E-state index is 12.7. The standard InChI is InChI=1S/C10H20Cl3NO4P/c1-6-17-19(16,18-7-2)8(10(11,12)13)14(15)9(3,4)5/h8H,6-7H2,1-5H3. The number of hydrogen-bond acceptors (Lipinski definition) is 4.